The van der Waals surface area contributed by atoms with Crippen LogP contribution in [-0.4, -0.2) is 13.1 Å². The molecule has 26 heavy (non-hydrogen) atoms. The summed E-state index contributed by atoms with van der Waals surface area (Å²) in [7, 11) is 1.63. The van der Waals surface area contributed by atoms with Crippen molar-refractivity contribution < 1.29 is 9.53 Å². The Hall–Kier alpha value is -2.92. The molecule has 0 radical (unpaired) electrons. The quantitative estimate of drug-likeness (QED) is 0.634. The lowest BCUT2D eigenvalue weighted by Gasteiger charge is -2.12. The molecule has 0 saturated heterocycles. The molecule has 0 aromatic heterocycles. The highest BCUT2D eigenvalue weighted by Crippen LogP contribution is 2.33. The maximum atomic E-state index is 12.3. The van der Waals surface area contributed by atoms with E-state index in [2.05, 4.69) is 10.6 Å². The molecule has 0 bridgehead atoms. The molecule has 3 aromatic carbocycles. The van der Waals surface area contributed by atoms with Gasteiger partial charge in [0.1, 0.15) is 5.75 Å². The summed E-state index contributed by atoms with van der Waals surface area (Å²) in [6.07, 6.45) is 0. The van der Waals surface area contributed by atoms with Crippen LogP contribution in [0.2, 0.25) is 0 Å². The Morgan fingerprint density at radius 3 is 2.54 bits per heavy atom. The van der Waals surface area contributed by atoms with Crippen molar-refractivity contribution >= 4 is 23.5 Å². The maximum Gasteiger partial charge on any atom is 0.319 e. The minimum atomic E-state index is -0.242. The smallest absolute Gasteiger partial charge is 0.319 e. The first-order valence-electron chi connectivity index (χ1n) is 8.24. The Balaban J connectivity index is 1.62. The zero-order valence-corrected chi connectivity index (χ0v) is 15.3. The molecule has 2 N–H and O–H groups in total. The summed E-state index contributed by atoms with van der Waals surface area (Å²) in [5, 5.41) is 5.80. The van der Waals surface area contributed by atoms with E-state index in [4.69, 9.17) is 4.74 Å². The van der Waals surface area contributed by atoms with E-state index in [-0.39, 0.29) is 6.03 Å². The summed E-state index contributed by atoms with van der Waals surface area (Å²) < 4.78 is 5.20. The van der Waals surface area contributed by atoms with Crippen molar-refractivity contribution in [2.45, 2.75) is 16.3 Å². The molecule has 0 aliphatic rings. The molecule has 5 heteroatoms. The van der Waals surface area contributed by atoms with Crippen molar-refractivity contribution in [1.29, 1.82) is 0 Å². The number of rotatable bonds is 6. The predicted molar refractivity (Wildman–Crippen MR) is 106 cm³/mol. The minimum Gasteiger partial charge on any atom is -0.497 e. The monoisotopic (exact) mass is 364 g/mol. The third-order valence-electron chi connectivity index (χ3n) is 3.69. The highest BCUT2D eigenvalue weighted by atomic mass is 32.2. The van der Waals surface area contributed by atoms with Crippen molar-refractivity contribution in [2.75, 3.05) is 12.4 Å². The number of hydrogen-bond donors (Lipinski definition) is 2. The lowest BCUT2D eigenvalue weighted by Crippen LogP contribution is -2.28. The third kappa shape index (κ3) is 5.04. The van der Waals surface area contributed by atoms with Gasteiger partial charge in [-0.25, -0.2) is 4.79 Å². The van der Waals surface area contributed by atoms with E-state index in [0.717, 1.165) is 26.8 Å². The number of anilines is 1. The van der Waals surface area contributed by atoms with Gasteiger partial charge in [0.2, 0.25) is 0 Å². The van der Waals surface area contributed by atoms with E-state index in [0.29, 0.717) is 6.54 Å². The van der Waals surface area contributed by atoms with Gasteiger partial charge in [0, 0.05) is 16.3 Å². The number of ether oxygens (including phenoxy) is 1. The zero-order chi connectivity index (χ0) is 18.2. The van der Waals surface area contributed by atoms with E-state index in [9.17, 15) is 4.79 Å². The first-order valence-corrected chi connectivity index (χ1v) is 9.06. The Bertz CT molecular complexity index is 869. The molecule has 0 fully saturated rings. The van der Waals surface area contributed by atoms with Crippen molar-refractivity contribution in [3.63, 3.8) is 0 Å². The Morgan fingerprint density at radius 1 is 0.962 bits per heavy atom. The molecule has 3 aromatic rings. The molecule has 0 atom stereocenters. The van der Waals surface area contributed by atoms with Gasteiger partial charge in [-0.3, -0.25) is 0 Å². The topological polar surface area (TPSA) is 50.4 Å². The van der Waals surface area contributed by atoms with Crippen LogP contribution in [0.5, 0.6) is 5.75 Å². The van der Waals surface area contributed by atoms with E-state index in [1.165, 1.54) is 0 Å². The number of methoxy groups -OCH3 is 1. The fraction of sp³-hybridized carbons (Fsp3) is 0.0952. The summed E-state index contributed by atoms with van der Waals surface area (Å²) in [6, 6.07) is 25.2. The van der Waals surface area contributed by atoms with Crippen LogP contribution in [0.25, 0.3) is 0 Å². The Morgan fingerprint density at radius 2 is 1.73 bits per heavy atom. The van der Waals surface area contributed by atoms with E-state index in [1.807, 2.05) is 78.9 Å². The minimum absolute atomic E-state index is 0.242. The van der Waals surface area contributed by atoms with E-state index >= 15 is 0 Å². The van der Waals surface area contributed by atoms with Gasteiger partial charge in [0.25, 0.3) is 0 Å². The number of urea groups is 1. The second-order valence-electron chi connectivity index (χ2n) is 5.57. The first-order chi connectivity index (χ1) is 12.7. The van der Waals surface area contributed by atoms with Crippen molar-refractivity contribution in [3.8, 4) is 5.75 Å². The Labute approximate surface area is 157 Å². The molecule has 0 spiro atoms. The SMILES string of the molecule is COc1cccc(CNC(=O)Nc2ccccc2Sc2ccccc2)c1. The number of benzene rings is 3. The van der Waals surface area contributed by atoms with Gasteiger partial charge in [-0.1, -0.05) is 54.2 Å². The van der Waals surface area contributed by atoms with E-state index < -0.39 is 0 Å². The molecular weight excluding hydrogens is 344 g/mol. The van der Waals surface area contributed by atoms with Crippen LogP contribution in [0, 0.1) is 0 Å². The van der Waals surface area contributed by atoms with Gasteiger partial charge in [0.15, 0.2) is 0 Å². The van der Waals surface area contributed by atoms with Gasteiger partial charge in [-0.05, 0) is 42.0 Å². The fourth-order valence-electron chi connectivity index (χ4n) is 2.41. The molecule has 4 nitrogen and oxygen atoms in total. The number of nitrogens with one attached hydrogen (secondary N) is 2. The average Bonchev–Trinajstić information content (AvgIpc) is 2.69. The van der Waals surface area contributed by atoms with Crippen LogP contribution >= 0.6 is 11.8 Å². The van der Waals surface area contributed by atoms with Crippen molar-refractivity contribution in [3.05, 3.63) is 84.4 Å². The second-order valence-corrected chi connectivity index (χ2v) is 6.69. The standard InChI is InChI=1S/C21H20N2O2S/c1-25-17-9-7-8-16(14-17)15-22-21(24)23-19-12-5-6-13-20(19)26-18-10-3-2-4-11-18/h2-14H,15H2,1H3,(H2,22,23,24). The average molecular weight is 364 g/mol. The third-order valence-corrected chi connectivity index (χ3v) is 4.78. The predicted octanol–water partition coefficient (Wildman–Crippen LogP) is 5.17. The van der Waals surface area contributed by atoms with Gasteiger partial charge >= 0.3 is 6.03 Å². The van der Waals surface area contributed by atoms with Crippen LogP contribution in [0.3, 0.4) is 0 Å². The summed E-state index contributed by atoms with van der Waals surface area (Å²) >= 11 is 1.62. The van der Waals surface area contributed by atoms with Gasteiger partial charge in [-0.2, -0.15) is 0 Å². The molecule has 0 saturated carbocycles. The summed E-state index contributed by atoms with van der Waals surface area (Å²) in [5.41, 5.74) is 1.76. The van der Waals surface area contributed by atoms with Crippen molar-refractivity contribution in [2.24, 2.45) is 0 Å². The largest absolute Gasteiger partial charge is 0.497 e. The molecule has 0 heterocycles. The zero-order valence-electron chi connectivity index (χ0n) is 14.4. The maximum absolute atomic E-state index is 12.3. The van der Waals surface area contributed by atoms with Crippen molar-refractivity contribution in [1.82, 2.24) is 5.32 Å². The molecule has 0 aliphatic heterocycles. The van der Waals surface area contributed by atoms with Crippen LogP contribution in [0.1, 0.15) is 5.56 Å². The summed E-state index contributed by atoms with van der Waals surface area (Å²) in [4.78, 5) is 14.4. The summed E-state index contributed by atoms with van der Waals surface area (Å²) in [6.45, 7) is 0.428. The molecule has 3 rings (SSSR count). The fourth-order valence-corrected chi connectivity index (χ4v) is 3.33. The Kier molecular flexibility index (Phi) is 6.17. The van der Waals surface area contributed by atoms with Crippen LogP contribution < -0.4 is 15.4 Å². The normalized spacial score (nSPS) is 10.2. The van der Waals surface area contributed by atoms with Gasteiger partial charge in [-0.15, -0.1) is 0 Å². The highest BCUT2D eigenvalue weighted by Gasteiger charge is 2.08. The van der Waals surface area contributed by atoms with Crippen LogP contribution in [0.15, 0.2) is 88.7 Å². The molecule has 0 unspecified atom stereocenters. The first kappa shape index (κ1) is 17.9. The van der Waals surface area contributed by atoms with Crippen LogP contribution in [0.4, 0.5) is 10.5 Å². The van der Waals surface area contributed by atoms with E-state index in [1.54, 1.807) is 18.9 Å². The number of carbonyl (C=O) groups excluding carboxylic acids is 1. The number of amides is 2. The lowest BCUT2D eigenvalue weighted by molar-refractivity contribution is 0.251. The number of para-hydroxylation sites is 1. The number of carbonyl (C=O) groups is 1. The molecule has 132 valence electrons. The highest BCUT2D eigenvalue weighted by molar-refractivity contribution is 7.99. The molecular formula is C21H20N2O2S. The van der Waals surface area contributed by atoms with Crippen LogP contribution in [-0.2, 0) is 6.54 Å². The van der Waals surface area contributed by atoms with Gasteiger partial charge < -0.3 is 15.4 Å². The van der Waals surface area contributed by atoms with Gasteiger partial charge in [0.05, 0.1) is 12.8 Å². The molecule has 0 aliphatic carbocycles. The second kappa shape index (κ2) is 8.97. The molecule has 2 amide bonds. The summed E-state index contributed by atoms with van der Waals surface area (Å²) in [5.74, 6) is 0.773. The number of hydrogen-bond acceptors (Lipinski definition) is 3. The lowest BCUT2D eigenvalue weighted by atomic mass is 10.2.